The molecule has 0 heterocycles. The highest BCUT2D eigenvalue weighted by atomic mass is 16.5. The molecule has 0 aliphatic rings. The minimum Gasteiger partial charge on any atom is -0.493 e. The quantitative estimate of drug-likeness (QED) is 0.637. The SMILES string of the molecule is CCC(CN)CC(=O)Nc1ccc(OCCC(N)=O)cc1. The summed E-state index contributed by atoms with van der Waals surface area (Å²) in [5.41, 5.74) is 11.3. The van der Waals surface area contributed by atoms with Crippen LogP contribution in [-0.2, 0) is 9.59 Å². The Bertz CT molecular complexity index is 456. The van der Waals surface area contributed by atoms with E-state index < -0.39 is 5.91 Å². The largest absolute Gasteiger partial charge is 0.493 e. The van der Waals surface area contributed by atoms with E-state index in [4.69, 9.17) is 16.2 Å². The number of nitrogens with two attached hydrogens (primary N) is 2. The van der Waals surface area contributed by atoms with E-state index in [9.17, 15) is 9.59 Å². The van der Waals surface area contributed by atoms with E-state index in [0.29, 0.717) is 24.4 Å². The zero-order valence-corrected chi connectivity index (χ0v) is 12.3. The van der Waals surface area contributed by atoms with E-state index in [1.165, 1.54) is 0 Å². The van der Waals surface area contributed by atoms with Gasteiger partial charge in [0.05, 0.1) is 13.0 Å². The molecule has 0 aliphatic carbocycles. The first-order chi connectivity index (χ1) is 10.0. The molecule has 116 valence electrons. The summed E-state index contributed by atoms with van der Waals surface area (Å²) >= 11 is 0. The van der Waals surface area contributed by atoms with Gasteiger partial charge in [0, 0.05) is 12.1 Å². The van der Waals surface area contributed by atoms with Gasteiger partial charge in [0.25, 0.3) is 0 Å². The monoisotopic (exact) mass is 293 g/mol. The van der Waals surface area contributed by atoms with Crippen LogP contribution in [0, 0.1) is 5.92 Å². The molecule has 1 unspecified atom stereocenters. The Morgan fingerprint density at radius 3 is 2.48 bits per heavy atom. The summed E-state index contributed by atoms with van der Waals surface area (Å²) in [6.45, 7) is 2.77. The molecule has 0 aromatic heterocycles. The van der Waals surface area contributed by atoms with Crippen LogP contribution in [0.4, 0.5) is 5.69 Å². The van der Waals surface area contributed by atoms with Crippen molar-refractivity contribution >= 4 is 17.5 Å². The van der Waals surface area contributed by atoms with Gasteiger partial charge in [-0.15, -0.1) is 0 Å². The predicted molar refractivity (Wildman–Crippen MR) is 81.8 cm³/mol. The Kier molecular flexibility index (Phi) is 7.25. The van der Waals surface area contributed by atoms with Crippen LogP contribution in [0.2, 0.25) is 0 Å². The fourth-order valence-corrected chi connectivity index (χ4v) is 1.77. The maximum atomic E-state index is 11.8. The third-order valence-corrected chi connectivity index (χ3v) is 3.14. The molecule has 6 nitrogen and oxygen atoms in total. The summed E-state index contributed by atoms with van der Waals surface area (Å²) in [7, 11) is 0. The summed E-state index contributed by atoms with van der Waals surface area (Å²) in [5, 5.41) is 2.82. The third-order valence-electron chi connectivity index (χ3n) is 3.14. The summed E-state index contributed by atoms with van der Waals surface area (Å²) in [6.07, 6.45) is 1.48. The van der Waals surface area contributed by atoms with Crippen LogP contribution >= 0.6 is 0 Å². The minimum absolute atomic E-state index is 0.0466. The van der Waals surface area contributed by atoms with Gasteiger partial charge < -0.3 is 21.5 Å². The normalized spacial score (nSPS) is 11.7. The van der Waals surface area contributed by atoms with Gasteiger partial charge in [-0.25, -0.2) is 0 Å². The fourth-order valence-electron chi connectivity index (χ4n) is 1.77. The van der Waals surface area contributed by atoms with Crippen molar-refractivity contribution in [2.24, 2.45) is 17.4 Å². The van der Waals surface area contributed by atoms with Gasteiger partial charge in [-0.2, -0.15) is 0 Å². The Morgan fingerprint density at radius 1 is 1.29 bits per heavy atom. The lowest BCUT2D eigenvalue weighted by Crippen LogP contribution is -2.21. The molecule has 1 aromatic rings. The molecule has 5 N–H and O–H groups in total. The van der Waals surface area contributed by atoms with Crippen LogP contribution < -0.4 is 21.5 Å². The molecule has 0 aliphatic heterocycles. The smallest absolute Gasteiger partial charge is 0.224 e. The number of nitrogens with one attached hydrogen (secondary N) is 1. The zero-order valence-electron chi connectivity index (χ0n) is 12.3. The van der Waals surface area contributed by atoms with Gasteiger partial charge >= 0.3 is 0 Å². The Hall–Kier alpha value is -2.08. The number of carbonyl (C=O) groups excluding carboxylic acids is 2. The van der Waals surface area contributed by atoms with Crippen molar-refractivity contribution in [2.75, 3.05) is 18.5 Å². The predicted octanol–water partition coefficient (Wildman–Crippen LogP) is 1.25. The fraction of sp³-hybridized carbons (Fsp3) is 0.467. The van der Waals surface area contributed by atoms with Crippen LogP contribution in [0.15, 0.2) is 24.3 Å². The Morgan fingerprint density at radius 2 is 1.95 bits per heavy atom. The number of hydrogen-bond donors (Lipinski definition) is 3. The second-order valence-corrected chi connectivity index (χ2v) is 4.85. The number of carbonyl (C=O) groups is 2. The van der Waals surface area contributed by atoms with Gasteiger partial charge in [0.2, 0.25) is 11.8 Å². The molecule has 0 bridgehead atoms. The number of primary amides is 1. The molecule has 0 radical (unpaired) electrons. The third kappa shape index (κ3) is 6.76. The van der Waals surface area contributed by atoms with Crippen LogP contribution in [-0.4, -0.2) is 25.0 Å². The van der Waals surface area contributed by atoms with Gasteiger partial charge in [0.1, 0.15) is 5.75 Å². The lowest BCUT2D eigenvalue weighted by Gasteiger charge is -2.12. The maximum absolute atomic E-state index is 11.8. The van der Waals surface area contributed by atoms with Gasteiger partial charge in [-0.05, 0) is 36.7 Å². The molecule has 21 heavy (non-hydrogen) atoms. The molecule has 1 atom stereocenters. The minimum atomic E-state index is -0.399. The summed E-state index contributed by atoms with van der Waals surface area (Å²) in [5.74, 6) is 0.392. The van der Waals surface area contributed by atoms with Crippen molar-refractivity contribution in [1.82, 2.24) is 0 Å². The summed E-state index contributed by atoms with van der Waals surface area (Å²) in [6, 6.07) is 6.97. The second-order valence-electron chi connectivity index (χ2n) is 4.85. The topological polar surface area (TPSA) is 107 Å². The standard InChI is InChI=1S/C15H23N3O3/c1-2-11(10-16)9-15(20)18-12-3-5-13(6-4-12)21-8-7-14(17)19/h3-6,11H,2,7-10,16H2,1H3,(H2,17,19)(H,18,20). The lowest BCUT2D eigenvalue weighted by molar-refractivity contribution is -0.118. The first kappa shape index (κ1) is 17.0. The van der Waals surface area contributed by atoms with Crippen molar-refractivity contribution in [3.8, 4) is 5.75 Å². The number of anilines is 1. The molecule has 0 saturated carbocycles. The first-order valence-corrected chi connectivity index (χ1v) is 7.06. The van der Waals surface area contributed by atoms with Gasteiger partial charge in [-0.3, -0.25) is 9.59 Å². The number of ether oxygens (including phenoxy) is 1. The van der Waals surface area contributed by atoms with Crippen LogP contribution in [0.25, 0.3) is 0 Å². The highest BCUT2D eigenvalue weighted by molar-refractivity contribution is 5.90. The molecular weight excluding hydrogens is 270 g/mol. The van der Waals surface area contributed by atoms with Gasteiger partial charge in [0.15, 0.2) is 0 Å². The summed E-state index contributed by atoms with van der Waals surface area (Å²) in [4.78, 5) is 22.4. The van der Waals surface area contributed by atoms with Gasteiger partial charge in [-0.1, -0.05) is 13.3 Å². The maximum Gasteiger partial charge on any atom is 0.224 e. The molecule has 0 saturated heterocycles. The average molecular weight is 293 g/mol. The lowest BCUT2D eigenvalue weighted by atomic mass is 10.0. The van der Waals surface area contributed by atoms with Crippen LogP contribution in [0.5, 0.6) is 5.75 Å². The molecule has 1 rings (SSSR count). The number of rotatable bonds is 9. The van der Waals surface area contributed by atoms with Crippen molar-refractivity contribution in [3.63, 3.8) is 0 Å². The summed E-state index contributed by atoms with van der Waals surface area (Å²) < 4.78 is 5.35. The molecule has 1 aromatic carbocycles. The van der Waals surface area contributed by atoms with Crippen molar-refractivity contribution < 1.29 is 14.3 Å². The van der Waals surface area contributed by atoms with Crippen LogP contribution in [0.3, 0.4) is 0 Å². The van der Waals surface area contributed by atoms with E-state index in [0.717, 1.165) is 6.42 Å². The Labute approximate surface area is 124 Å². The molecule has 6 heteroatoms. The molecule has 2 amide bonds. The van der Waals surface area contributed by atoms with E-state index in [-0.39, 0.29) is 24.9 Å². The molecule has 0 fully saturated rings. The van der Waals surface area contributed by atoms with E-state index in [1.54, 1.807) is 24.3 Å². The van der Waals surface area contributed by atoms with Crippen LogP contribution in [0.1, 0.15) is 26.2 Å². The van der Waals surface area contributed by atoms with Crippen molar-refractivity contribution in [2.45, 2.75) is 26.2 Å². The first-order valence-electron chi connectivity index (χ1n) is 7.06. The Balaban J connectivity index is 2.43. The molecule has 0 spiro atoms. The number of benzene rings is 1. The van der Waals surface area contributed by atoms with E-state index in [2.05, 4.69) is 5.32 Å². The number of hydrogen-bond acceptors (Lipinski definition) is 4. The van der Waals surface area contributed by atoms with E-state index >= 15 is 0 Å². The highest BCUT2D eigenvalue weighted by Gasteiger charge is 2.10. The highest BCUT2D eigenvalue weighted by Crippen LogP contribution is 2.17. The average Bonchev–Trinajstić information content (AvgIpc) is 2.46. The van der Waals surface area contributed by atoms with Crippen molar-refractivity contribution in [3.05, 3.63) is 24.3 Å². The van der Waals surface area contributed by atoms with E-state index in [1.807, 2.05) is 6.92 Å². The second kappa shape index (κ2) is 8.97. The zero-order chi connectivity index (χ0) is 15.7. The molecular formula is C15H23N3O3. The van der Waals surface area contributed by atoms with Crippen molar-refractivity contribution in [1.29, 1.82) is 0 Å². The number of amides is 2.